The zero-order valence-electron chi connectivity index (χ0n) is 14.1. The molecule has 0 radical (unpaired) electrons. The van der Waals surface area contributed by atoms with Gasteiger partial charge in [0.05, 0.1) is 10.1 Å². The largest absolute Gasteiger partial charge is 0.473 e. The van der Waals surface area contributed by atoms with Crippen molar-refractivity contribution in [1.29, 1.82) is 0 Å². The van der Waals surface area contributed by atoms with E-state index < -0.39 is 5.91 Å². The summed E-state index contributed by atoms with van der Waals surface area (Å²) in [6.45, 7) is 0. The molecule has 3 aromatic rings. The maximum atomic E-state index is 13.6. The van der Waals surface area contributed by atoms with E-state index in [1.165, 1.54) is 29.9 Å². The molecule has 7 heteroatoms. The first-order valence-electron chi connectivity index (χ1n) is 8.64. The third-order valence-corrected chi connectivity index (χ3v) is 5.78. The van der Waals surface area contributed by atoms with Gasteiger partial charge in [-0.3, -0.25) is 4.79 Å². The Morgan fingerprint density at radius 1 is 1.19 bits per heavy atom. The van der Waals surface area contributed by atoms with Crippen LogP contribution in [0.3, 0.4) is 0 Å². The van der Waals surface area contributed by atoms with E-state index in [4.69, 9.17) is 10.5 Å². The number of nitrogens with two attached hydrogens (primary N) is 1. The van der Waals surface area contributed by atoms with Crippen LogP contribution in [0.25, 0.3) is 20.5 Å². The number of carbonyl (C=O) groups excluding carboxylic acids is 1. The first-order chi connectivity index (χ1) is 12.6. The number of rotatable bonds is 4. The van der Waals surface area contributed by atoms with Crippen LogP contribution in [0.2, 0.25) is 0 Å². The lowest BCUT2D eigenvalue weighted by molar-refractivity contribution is 0.0996. The number of fused-ring (bicyclic) bond motifs is 1. The van der Waals surface area contributed by atoms with Crippen molar-refractivity contribution < 1.29 is 13.9 Å². The van der Waals surface area contributed by atoms with Crippen LogP contribution < -0.4 is 10.5 Å². The number of benzene rings is 1. The van der Waals surface area contributed by atoms with Crippen LogP contribution in [-0.2, 0) is 0 Å². The molecule has 26 heavy (non-hydrogen) atoms. The fourth-order valence-electron chi connectivity index (χ4n) is 3.29. The van der Waals surface area contributed by atoms with Crippen LogP contribution in [0.5, 0.6) is 5.88 Å². The second-order valence-corrected chi connectivity index (χ2v) is 7.51. The van der Waals surface area contributed by atoms with Gasteiger partial charge in [0.15, 0.2) is 5.69 Å². The van der Waals surface area contributed by atoms with Gasteiger partial charge in [-0.05, 0) is 49.4 Å². The van der Waals surface area contributed by atoms with Gasteiger partial charge < -0.3 is 10.5 Å². The summed E-state index contributed by atoms with van der Waals surface area (Å²) in [5.74, 6) is -0.542. The Bertz CT molecular complexity index is 967. The summed E-state index contributed by atoms with van der Waals surface area (Å²) in [6.07, 6.45) is 5.59. The minimum absolute atomic E-state index is 0.109. The molecule has 134 valence electrons. The van der Waals surface area contributed by atoms with Crippen molar-refractivity contribution >= 4 is 27.3 Å². The summed E-state index contributed by atoms with van der Waals surface area (Å²) in [4.78, 5) is 12.6. The molecule has 0 unspecified atom stereocenters. The van der Waals surface area contributed by atoms with E-state index in [1.807, 2.05) is 12.1 Å². The molecule has 0 atom stereocenters. The molecule has 1 aromatic carbocycles. The van der Waals surface area contributed by atoms with Crippen LogP contribution in [-0.4, -0.2) is 22.2 Å². The first-order valence-corrected chi connectivity index (χ1v) is 9.46. The lowest BCUT2D eigenvalue weighted by atomic mass is 9.98. The number of halogens is 1. The third kappa shape index (κ3) is 3.26. The van der Waals surface area contributed by atoms with Gasteiger partial charge in [-0.25, -0.2) is 4.39 Å². The smallest absolute Gasteiger partial charge is 0.270 e. The van der Waals surface area contributed by atoms with E-state index in [1.54, 1.807) is 6.07 Å². The Kier molecular flexibility index (Phi) is 4.55. The first kappa shape index (κ1) is 16.9. The Labute approximate surface area is 154 Å². The number of thiophene rings is 1. The zero-order valence-corrected chi connectivity index (χ0v) is 14.9. The molecular weight excluding hydrogens is 353 g/mol. The van der Waals surface area contributed by atoms with Gasteiger partial charge >= 0.3 is 0 Å². The Balaban J connectivity index is 1.80. The van der Waals surface area contributed by atoms with Gasteiger partial charge in [-0.15, -0.1) is 21.5 Å². The summed E-state index contributed by atoms with van der Waals surface area (Å²) in [5.41, 5.74) is 6.29. The van der Waals surface area contributed by atoms with Crippen molar-refractivity contribution in [2.24, 2.45) is 5.73 Å². The Morgan fingerprint density at radius 3 is 2.73 bits per heavy atom. The average Bonchev–Trinajstić information content (AvgIpc) is 3.08. The second kappa shape index (κ2) is 6.99. The van der Waals surface area contributed by atoms with E-state index in [9.17, 15) is 9.18 Å². The van der Waals surface area contributed by atoms with Crippen LogP contribution in [0.4, 0.5) is 4.39 Å². The lowest BCUT2D eigenvalue weighted by Gasteiger charge is -2.22. The van der Waals surface area contributed by atoms with Crippen molar-refractivity contribution in [2.45, 2.75) is 38.2 Å². The highest BCUT2D eigenvalue weighted by atomic mass is 32.1. The highest BCUT2D eigenvalue weighted by Crippen LogP contribution is 2.39. The molecule has 2 heterocycles. The summed E-state index contributed by atoms with van der Waals surface area (Å²) < 4.78 is 20.3. The van der Waals surface area contributed by atoms with E-state index >= 15 is 0 Å². The topological polar surface area (TPSA) is 78.1 Å². The number of primary amides is 1. The van der Waals surface area contributed by atoms with E-state index in [-0.39, 0.29) is 17.6 Å². The molecule has 1 saturated carbocycles. The maximum absolute atomic E-state index is 13.6. The number of ether oxygens (including phenoxy) is 1. The van der Waals surface area contributed by atoms with Crippen LogP contribution in [0, 0.1) is 5.82 Å². The van der Waals surface area contributed by atoms with Crippen molar-refractivity contribution in [3.8, 4) is 16.3 Å². The van der Waals surface area contributed by atoms with Gasteiger partial charge in [-0.2, -0.15) is 0 Å². The molecule has 5 nitrogen and oxygen atoms in total. The van der Waals surface area contributed by atoms with Gasteiger partial charge in [0.2, 0.25) is 5.88 Å². The number of hydrogen-bond acceptors (Lipinski definition) is 5. The van der Waals surface area contributed by atoms with Crippen molar-refractivity contribution in [1.82, 2.24) is 10.2 Å². The van der Waals surface area contributed by atoms with Crippen LogP contribution >= 0.6 is 11.3 Å². The monoisotopic (exact) mass is 371 g/mol. The molecule has 0 bridgehead atoms. The van der Waals surface area contributed by atoms with Gasteiger partial charge in [0, 0.05) is 4.88 Å². The minimum Gasteiger partial charge on any atom is -0.473 e. The zero-order chi connectivity index (χ0) is 18.1. The average molecular weight is 371 g/mol. The maximum Gasteiger partial charge on any atom is 0.270 e. The molecule has 4 rings (SSSR count). The van der Waals surface area contributed by atoms with Crippen LogP contribution in [0.1, 0.15) is 42.6 Å². The minimum atomic E-state index is -0.639. The SMILES string of the molecule is NC(=O)c1nnc(OC2CCCCC2)c2cc(-c3cccc(F)c3)sc12. The fourth-order valence-corrected chi connectivity index (χ4v) is 4.43. The summed E-state index contributed by atoms with van der Waals surface area (Å²) in [7, 11) is 0. The molecule has 1 amide bonds. The van der Waals surface area contributed by atoms with Crippen molar-refractivity contribution in [2.75, 3.05) is 0 Å². The number of nitrogens with zero attached hydrogens (tertiary/aromatic N) is 2. The Morgan fingerprint density at radius 2 is 2.00 bits per heavy atom. The molecular formula is C19H18FN3O2S. The summed E-state index contributed by atoms with van der Waals surface area (Å²) in [5, 5.41) is 8.79. The number of carbonyl (C=O) groups is 1. The van der Waals surface area contributed by atoms with E-state index in [0.29, 0.717) is 16.0 Å². The van der Waals surface area contributed by atoms with Crippen LogP contribution in [0.15, 0.2) is 30.3 Å². The van der Waals surface area contributed by atoms with E-state index in [0.717, 1.165) is 36.1 Å². The molecule has 1 aliphatic rings. The lowest BCUT2D eigenvalue weighted by Crippen LogP contribution is -2.21. The van der Waals surface area contributed by atoms with Crippen molar-refractivity contribution in [3.63, 3.8) is 0 Å². The highest BCUT2D eigenvalue weighted by Gasteiger charge is 2.22. The molecule has 1 fully saturated rings. The van der Waals surface area contributed by atoms with Gasteiger partial charge in [0.1, 0.15) is 11.9 Å². The fraction of sp³-hybridized carbons (Fsp3) is 0.316. The summed E-state index contributed by atoms with van der Waals surface area (Å²) in [6, 6.07) is 8.19. The Hall–Kier alpha value is -2.54. The molecule has 2 N–H and O–H groups in total. The molecule has 0 saturated heterocycles. The van der Waals surface area contributed by atoms with Gasteiger partial charge in [-0.1, -0.05) is 18.6 Å². The predicted molar refractivity (Wildman–Crippen MR) is 98.8 cm³/mol. The molecule has 2 aromatic heterocycles. The summed E-state index contributed by atoms with van der Waals surface area (Å²) >= 11 is 1.34. The second-order valence-electron chi connectivity index (χ2n) is 6.46. The normalized spacial score (nSPS) is 15.3. The predicted octanol–water partition coefficient (Wildman–Crippen LogP) is 4.31. The highest BCUT2D eigenvalue weighted by molar-refractivity contribution is 7.22. The standard InChI is InChI=1S/C19H18FN3O2S/c20-12-6-4-5-11(9-12)15-10-14-17(26-15)16(18(21)24)22-23-19(14)25-13-7-2-1-3-8-13/h4-6,9-10,13H,1-3,7-8H2,(H2,21,24). The number of hydrogen-bond donors (Lipinski definition) is 1. The number of amides is 1. The third-order valence-electron chi connectivity index (χ3n) is 4.59. The van der Waals surface area contributed by atoms with E-state index in [2.05, 4.69) is 10.2 Å². The number of aromatic nitrogens is 2. The van der Waals surface area contributed by atoms with Crippen molar-refractivity contribution in [3.05, 3.63) is 41.8 Å². The molecule has 0 aliphatic heterocycles. The molecule has 1 aliphatic carbocycles. The molecule has 0 spiro atoms. The van der Waals surface area contributed by atoms with Gasteiger partial charge in [0.25, 0.3) is 5.91 Å². The quantitative estimate of drug-likeness (QED) is 0.741.